The Kier molecular flexibility index (Phi) is 5.70. The molecule has 158 valence electrons. The highest BCUT2D eigenvalue weighted by Gasteiger charge is 2.42. The minimum Gasteiger partial charge on any atom is -0.545 e. The molecule has 0 fully saturated rings. The molecule has 1 atom stereocenters. The highest BCUT2D eigenvalue weighted by molar-refractivity contribution is 6.35. The average Bonchev–Trinajstić information content (AvgIpc) is 3.04. The first kappa shape index (κ1) is 21.9. The molecule has 0 bridgehead atoms. The highest BCUT2D eigenvalue weighted by atomic mass is 35.5. The number of rotatable bonds is 4. The average molecular weight is 462 g/mol. The number of H-pyrrole nitrogens is 1. The van der Waals surface area contributed by atoms with Gasteiger partial charge >= 0.3 is 6.18 Å². The van der Waals surface area contributed by atoms with Crippen molar-refractivity contribution in [2.45, 2.75) is 19.1 Å². The summed E-state index contributed by atoms with van der Waals surface area (Å²) in [5, 5.41) is 12.0. The van der Waals surface area contributed by atoms with Gasteiger partial charge in [0.05, 0.1) is 16.0 Å². The molecule has 2 aromatic carbocycles. The number of alkyl halides is 3. The van der Waals surface area contributed by atoms with Gasteiger partial charge in [0, 0.05) is 16.5 Å². The van der Waals surface area contributed by atoms with Crippen molar-refractivity contribution >= 4 is 46.0 Å². The Morgan fingerprint density at radius 3 is 2.23 bits per heavy atom. The van der Waals surface area contributed by atoms with Crippen LogP contribution in [0.15, 0.2) is 30.3 Å². The SMILES string of the molecule is Cc1cc2[nH]c(C(=O)NC(c3cc(Cl)c(F)c(Cl)c3)C(F)(F)F)cc2cc1C(=O)[O-]. The van der Waals surface area contributed by atoms with Crippen molar-refractivity contribution in [1.29, 1.82) is 0 Å². The van der Waals surface area contributed by atoms with Gasteiger partial charge in [-0.1, -0.05) is 23.2 Å². The fourth-order valence-corrected chi connectivity index (χ4v) is 3.44. The fraction of sp³-hybridized carbons (Fsp3) is 0.158. The van der Waals surface area contributed by atoms with Crippen molar-refractivity contribution in [3.05, 3.63) is 68.6 Å². The molecule has 0 saturated heterocycles. The molecule has 1 heterocycles. The first-order valence-corrected chi connectivity index (χ1v) is 9.00. The Hall–Kier alpha value is -2.78. The van der Waals surface area contributed by atoms with E-state index in [1.165, 1.54) is 25.1 Å². The second kappa shape index (κ2) is 7.81. The smallest absolute Gasteiger partial charge is 0.412 e. The van der Waals surface area contributed by atoms with Gasteiger partial charge in [-0.3, -0.25) is 4.79 Å². The molecule has 0 aliphatic carbocycles. The van der Waals surface area contributed by atoms with Crippen LogP contribution in [0.4, 0.5) is 17.6 Å². The van der Waals surface area contributed by atoms with Gasteiger partial charge in [-0.2, -0.15) is 13.2 Å². The van der Waals surface area contributed by atoms with Gasteiger partial charge in [0.15, 0.2) is 11.9 Å². The molecule has 5 nitrogen and oxygen atoms in total. The number of hydrogen-bond donors (Lipinski definition) is 2. The lowest BCUT2D eigenvalue weighted by molar-refractivity contribution is -0.255. The van der Waals surface area contributed by atoms with Crippen molar-refractivity contribution in [2.24, 2.45) is 0 Å². The first-order valence-electron chi connectivity index (χ1n) is 8.25. The zero-order valence-corrected chi connectivity index (χ0v) is 16.5. The number of hydrogen-bond acceptors (Lipinski definition) is 3. The molecule has 1 unspecified atom stereocenters. The van der Waals surface area contributed by atoms with Crippen molar-refractivity contribution in [3.8, 4) is 0 Å². The molecular formula is C19H11Cl2F4N2O3-. The van der Waals surface area contributed by atoms with E-state index < -0.39 is 45.5 Å². The number of aromatic carboxylic acids is 1. The number of carboxylic acid groups (broad SMARTS) is 1. The van der Waals surface area contributed by atoms with Crippen LogP contribution in [0.3, 0.4) is 0 Å². The Labute approximate surface area is 176 Å². The van der Waals surface area contributed by atoms with Crippen molar-refractivity contribution in [2.75, 3.05) is 0 Å². The lowest BCUT2D eigenvalue weighted by Crippen LogP contribution is -2.38. The summed E-state index contributed by atoms with van der Waals surface area (Å²) in [6.45, 7) is 1.51. The summed E-state index contributed by atoms with van der Waals surface area (Å²) in [4.78, 5) is 26.2. The molecule has 1 amide bonds. The lowest BCUT2D eigenvalue weighted by atomic mass is 10.1. The lowest BCUT2D eigenvalue weighted by Gasteiger charge is -2.22. The van der Waals surface area contributed by atoms with E-state index in [1.54, 1.807) is 0 Å². The van der Waals surface area contributed by atoms with Crippen LogP contribution >= 0.6 is 23.2 Å². The van der Waals surface area contributed by atoms with E-state index in [0.29, 0.717) is 16.5 Å². The number of carbonyl (C=O) groups is 2. The minimum atomic E-state index is -4.94. The second-order valence-corrected chi connectivity index (χ2v) is 7.29. The van der Waals surface area contributed by atoms with E-state index in [-0.39, 0.29) is 11.3 Å². The Balaban J connectivity index is 1.98. The molecule has 0 spiro atoms. The van der Waals surface area contributed by atoms with Crippen LogP contribution in [0.25, 0.3) is 10.9 Å². The molecule has 3 aromatic rings. The number of carbonyl (C=O) groups excluding carboxylic acids is 2. The molecular weight excluding hydrogens is 451 g/mol. The Bertz CT molecular complexity index is 1150. The number of benzene rings is 2. The summed E-state index contributed by atoms with van der Waals surface area (Å²) in [7, 11) is 0. The Morgan fingerprint density at radius 2 is 1.70 bits per heavy atom. The number of aryl methyl sites for hydroxylation is 1. The van der Waals surface area contributed by atoms with Crippen LogP contribution < -0.4 is 10.4 Å². The molecule has 0 saturated carbocycles. The van der Waals surface area contributed by atoms with Gasteiger partial charge in [-0.15, -0.1) is 0 Å². The third kappa shape index (κ3) is 4.22. The molecule has 30 heavy (non-hydrogen) atoms. The van der Waals surface area contributed by atoms with Gasteiger partial charge in [-0.25, -0.2) is 4.39 Å². The van der Waals surface area contributed by atoms with E-state index >= 15 is 0 Å². The number of fused-ring (bicyclic) bond motifs is 1. The number of amides is 1. The summed E-state index contributed by atoms with van der Waals surface area (Å²) >= 11 is 11.2. The highest BCUT2D eigenvalue weighted by Crippen LogP contribution is 2.36. The van der Waals surface area contributed by atoms with E-state index in [9.17, 15) is 32.3 Å². The normalized spacial score (nSPS) is 12.8. The van der Waals surface area contributed by atoms with Gasteiger partial charge in [-0.05, 0) is 48.4 Å². The number of carboxylic acids is 1. The second-order valence-electron chi connectivity index (χ2n) is 6.47. The van der Waals surface area contributed by atoms with Gasteiger partial charge < -0.3 is 20.2 Å². The number of aromatic amines is 1. The van der Waals surface area contributed by atoms with Crippen LogP contribution in [-0.4, -0.2) is 23.0 Å². The minimum absolute atomic E-state index is 0.114. The largest absolute Gasteiger partial charge is 0.545 e. The summed E-state index contributed by atoms with van der Waals surface area (Å²) in [5.74, 6) is -3.63. The monoisotopic (exact) mass is 461 g/mol. The van der Waals surface area contributed by atoms with Gasteiger partial charge in [0.1, 0.15) is 5.69 Å². The summed E-state index contributed by atoms with van der Waals surface area (Å²) < 4.78 is 54.3. The molecule has 2 N–H and O–H groups in total. The standard InChI is InChI=1S/C19H12Cl2F4N2O3/c1-7-2-13-8(3-10(7)18(29)30)6-14(26-13)17(28)27-16(19(23,24)25)9-4-11(20)15(22)12(21)5-9/h2-6,16,26H,1H3,(H,27,28)(H,29,30)/p-1. The fourth-order valence-electron chi connectivity index (χ4n) is 2.94. The quantitative estimate of drug-likeness (QED) is 0.448. The van der Waals surface area contributed by atoms with Gasteiger partial charge in [0.25, 0.3) is 5.91 Å². The van der Waals surface area contributed by atoms with Crippen molar-refractivity contribution in [3.63, 3.8) is 0 Å². The maximum atomic E-state index is 13.6. The van der Waals surface area contributed by atoms with E-state index in [2.05, 4.69) is 4.98 Å². The summed E-state index contributed by atoms with van der Waals surface area (Å²) in [6.07, 6.45) is -4.94. The zero-order valence-electron chi connectivity index (χ0n) is 15.0. The van der Waals surface area contributed by atoms with Crippen LogP contribution in [0.1, 0.15) is 38.0 Å². The number of nitrogens with one attached hydrogen (secondary N) is 2. The van der Waals surface area contributed by atoms with Crippen molar-refractivity contribution < 1.29 is 32.3 Å². The molecule has 0 aliphatic rings. The van der Waals surface area contributed by atoms with E-state index in [4.69, 9.17) is 23.2 Å². The van der Waals surface area contributed by atoms with E-state index in [1.807, 2.05) is 5.32 Å². The van der Waals surface area contributed by atoms with Crippen LogP contribution in [-0.2, 0) is 0 Å². The maximum absolute atomic E-state index is 13.6. The third-order valence-electron chi connectivity index (χ3n) is 4.37. The maximum Gasteiger partial charge on any atom is 0.412 e. The molecule has 0 aliphatic heterocycles. The summed E-state index contributed by atoms with van der Waals surface area (Å²) in [5.41, 5.74) is -0.219. The molecule has 0 radical (unpaired) electrons. The molecule has 3 rings (SSSR count). The van der Waals surface area contributed by atoms with E-state index in [0.717, 1.165) is 12.1 Å². The first-order chi connectivity index (χ1) is 13.9. The number of halogens is 6. The van der Waals surface area contributed by atoms with Crippen LogP contribution in [0.5, 0.6) is 0 Å². The summed E-state index contributed by atoms with van der Waals surface area (Å²) in [6, 6.07) is 2.80. The van der Waals surface area contributed by atoms with Crippen LogP contribution in [0.2, 0.25) is 10.0 Å². The third-order valence-corrected chi connectivity index (χ3v) is 4.92. The predicted octanol–water partition coefficient (Wildman–Crippen LogP) is 4.32. The van der Waals surface area contributed by atoms with Crippen molar-refractivity contribution in [1.82, 2.24) is 10.3 Å². The molecule has 1 aromatic heterocycles. The van der Waals surface area contributed by atoms with Crippen LogP contribution in [0, 0.1) is 12.7 Å². The zero-order chi connectivity index (χ0) is 22.4. The topological polar surface area (TPSA) is 85.0 Å². The Morgan fingerprint density at radius 1 is 1.10 bits per heavy atom. The molecule has 11 heteroatoms. The van der Waals surface area contributed by atoms with Gasteiger partial charge in [0.2, 0.25) is 0 Å². The predicted molar refractivity (Wildman–Crippen MR) is 100 cm³/mol. The number of aromatic nitrogens is 1.